The predicted octanol–water partition coefficient (Wildman–Crippen LogP) is 2.90. The second-order valence-electron chi connectivity index (χ2n) is 6.02. The third-order valence-electron chi connectivity index (χ3n) is 4.94. The fourth-order valence-electron chi connectivity index (χ4n) is 3.69. The average Bonchev–Trinajstić information content (AvgIpc) is 2.33. The summed E-state index contributed by atoms with van der Waals surface area (Å²) >= 11 is 0. The van der Waals surface area contributed by atoms with Gasteiger partial charge in [-0.3, -0.25) is 0 Å². The van der Waals surface area contributed by atoms with E-state index in [-0.39, 0.29) is 6.03 Å². The number of nitrogens with zero attached hydrogens (tertiary/aromatic N) is 1. The molecule has 2 aliphatic carbocycles. The molecule has 0 spiro atoms. The topological polar surface area (TPSA) is 32.3 Å². The van der Waals surface area contributed by atoms with E-state index in [2.05, 4.69) is 10.2 Å². The Kier molecular flexibility index (Phi) is 3.26. The Morgan fingerprint density at radius 2 is 1.71 bits per heavy atom. The molecule has 0 bridgehead atoms. The molecule has 2 saturated carbocycles. The van der Waals surface area contributed by atoms with E-state index in [4.69, 9.17) is 0 Å². The number of carbonyl (C=O) groups is 1. The molecule has 1 aliphatic heterocycles. The lowest BCUT2D eigenvalue weighted by Crippen LogP contribution is -2.55. The second-order valence-corrected chi connectivity index (χ2v) is 6.02. The van der Waals surface area contributed by atoms with Crippen molar-refractivity contribution >= 4 is 6.03 Å². The SMILES string of the molecule is O=C(NC1CCC1)N1CCC[C@H]2CCCC[C@H]21. The summed E-state index contributed by atoms with van der Waals surface area (Å²) in [4.78, 5) is 14.4. The molecule has 2 atom stereocenters. The van der Waals surface area contributed by atoms with Crippen LogP contribution in [0.3, 0.4) is 0 Å². The predicted molar refractivity (Wildman–Crippen MR) is 67.9 cm³/mol. The van der Waals surface area contributed by atoms with E-state index < -0.39 is 0 Å². The number of likely N-dealkylation sites (tertiary alicyclic amines) is 1. The highest BCUT2D eigenvalue weighted by molar-refractivity contribution is 5.75. The van der Waals surface area contributed by atoms with Crippen LogP contribution in [0.1, 0.15) is 57.8 Å². The number of hydrogen-bond donors (Lipinski definition) is 1. The van der Waals surface area contributed by atoms with Gasteiger partial charge < -0.3 is 10.2 Å². The second kappa shape index (κ2) is 4.87. The number of nitrogens with one attached hydrogen (secondary N) is 1. The zero-order valence-corrected chi connectivity index (χ0v) is 10.7. The van der Waals surface area contributed by atoms with Crippen LogP contribution in [-0.4, -0.2) is 29.6 Å². The summed E-state index contributed by atoms with van der Waals surface area (Å²) in [5, 5.41) is 3.21. The first-order valence-corrected chi connectivity index (χ1v) is 7.42. The van der Waals surface area contributed by atoms with Crippen molar-refractivity contribution in [1.29, 1.82) is 0 Å². The number of amides is 2. The van der Waals surface area contributed by atoms with Gasteiger partial charge in [0.1, 0.15) is 0 Å². The lowest BCUT2D eigenvalue weighted by molar-refractivity contribution is 0.0808. The molecule has 96 valence electrons. The minimum Gasteiger partial charge on any atom is -0.335 e. The Balaban J connectivity index is 1.61. The molecule has 0 aromatic carbocycles. The molecule has 3 nitrogen and oxygen atoms in total. The van der Waals surface area contributed by atoms with Crippen LogP contribution < -0.4 is 5.32 Å². The van der Waals surface area contributed by atoms with Gasteiger partial charge in [0, 0.05) is 18.6 Å². The fraction of sp³-hybridized carbons (Fsp3) is 0.929. The van der Waals surface area contributed by atoms with Crippen LogP contribution in [0.15, 0.2) is 0 Å². The molecule has 17 heavy (non-hydrogen) atoms. The lowest BCUT2D eigenvalue weighted by Gasteiger charge is -2.44. The Hall–Kier alpha value is -0.730. The first kappa shape index (κ1) is 11.4. The van der Waals surface area contributed by atoms with Crippen molar-refractivity contribution in [2.24, 2.45) is 5.92 Å². The van der Waals surface area contributed by atoms with Gasteiger partial charge in [-0.1, -0.05) is 12.8 Å². The zero-order valence-electron chi connectivity index (χ0n) is 10.7. The first-order valence-electron chi connectivity index (χ1n) is 7.42. The maximum Gasteiger partial charge on any atom is 0.317 e. The molecule has 0 aromatic rings. The number of hydrogen-bond acceptors (Lipinski definition) is 1. The van der Waals surface area contributed by atoms with E-state index >= 15 is 0 Å². The molecule has 3 heteroatoms. The van der Waals surface area contributed by atoms with E-state index in [1.54, 1.807) is 0 Å². The molecule has 0 aromatic heterocycles. The van der Waals surface area contributed by atoms with Gasteiger partial charge in [-0.15, -0.1) is 0 Å². The molecular weight excluding hydrogens is 212 g/mol. The highest BCUT2D eigenvalue weighted by atomic mass is 16.2. The number of rotatable bonds is 1. The van der Waals surface area contributed by atoms with Crippen molar-refractivity contribution in [2.75, 3.05) is 6.54 Å². The van der Waals surface area contributed by atoms with Crippen LogP contribution in [0.2, 0.25) is 0 Å². The molecule has 0 radical (unpaired) electrons. The van der Waals surface area contributed by atoms with E-state index in [0.717, 1.165) is 12.5 Å². The maximum atomic E-state index is 12.3. The summed E-state index contributed by atoms with van der Waals surface area (Å²) in [5.41, 5.74) is 0. The third kappa shape index (κ3) is 2.29. The smallest absolute Gasteiger partial charge is 0.317 e. The summed E-state index contributed by atoms with van der Waals surface area (Å²) in [7, 11) is 0. The van der Waals surface area contributed by atoms with Crippen LogP contribution in [-0.2, 0) is 0 Å². The summed E-state index contributed by atoms with van der Waals surface area (Å²) in [6.07, 6.45) is 11.5. The molecule has 1 saturated heterocycles. The van der Waals surface area contributed by atoms with Gasteiger partial charge in [0.05, 0.1) is 0 Å². The van der Waals surface area contributed by atoms with Crippen molar-refractivity contribution < 1.29 is 4.79 Å². The largest absolute Gasteiger partial charge is 0.335 e. The van der Waals surface area contributed by atoms with Gasteiger partial charge in [0.15, 0.2) is 0 Å². The van der Waals surface area contributed by atoms with E-state index in [0.29, 0.717) is 12.1 Å². The molecule has 1 heterocycles. The Bertz CT molecular complexity index is 286. The first-order chi connectivity index (χ1) is 8.34. The van der Waals surface area contributed by atoms with Crippen LogP contribution in [0.5, 0.6) is 0 Å². The zero-order chi connectivity index (χ0) is 11.7. The molecule has 3 rings (SSSR count). The van der Waals surface area contributed by atoms with E-state index in [1.165, 1.54) is 57.8 Å². The molecular formula is C14H24N2O. The van der Waals surface area contributed by atoms with Crippen molar-refractivity contribution in [3.05, 3.63) is 0 Å². The lowest BCUT2D eigenvalue weighted by atomic mass is 9.78. The maximum absolute atomic E-state index is 12.3. The van der Waals surface area contributed by atoms with E-state index in [9.17, 15) is 4.79 Å². The highest BCUT2D eigenvalue weighted by Gasteiger charge is 2.36. The quantitative estimate of drug-likeness (QED) is 0.746. The molecule has 3 fully saturated rings. The van der Waals surface area contributed by atoms with Gasteiger partial charge >= 0.3 is 6.03 Å². The molecule has 3 aliphatic rings. The Labute approximate surface area is 104 Å². The third-order valence-corrected chi connectivity index (χ3v) is 4.94. The monoisotopic (exact) mass is 236 g/mol. The molecule has 2 amide bonds. The van der Waals surface area contributed by atoms with Crippen LogP contribution >= 0.6 is 0 Å². The normalized spacial score (nSPS) is 33.8. The van der Waals surface area contributed by atoms with Gasteiger partial charge in [0.25, 0.3) is 0 Å². The van der Waals surface area contributed by atoms with Crippen LogP contribution in [0.25, 0.3) is 0 Å². The molecule has 1 N–H and O–H groups in total. The van der Waals surface area contributed by atoms with Gasteiger partial charge in [-0.05, 0) is 50.9 Å². The van der Waals surface area contributed by atoms with Crippen molar-refractivity contribution in [2.45, 2.75) is 69.9 Å². The summed E-state index contributed by atoms with van der Waals surface area (Å²) in [5.74, 6) is 0.796. The fourth-order valence-corrected chi connectivity index (χ4v) is 3.69. The summed E-state index contributed by atoms with van der Waals surface area (Å²) < 4.78 is 0. The number of fused-ring (bicyclic) bond motifs is 1. The Morgan fingerprint density at radius 1 is 0.941 bits per heavy atom. The van der Waals surface area contributed by atoms with Crippen LogP contribution in [0, 0.1) is 5.92 Å². The van der Waals surface area contributed by atoms with Crippen molar-refractivity contribution in [3.8, 4) is 0 Å². The van der Waals surface area contributed by atoms with Gasteiger partial charge in [0.2, 0.25) is 0 Å². The number of carbonyl (C=O) groups excluding carboxylic acids is 1. The van der Waals surface area contributed by atoms with Gasteiger partial charge in [-0.25, -0.2) is 4.79 Å². The number of piperidine rings is 1. The minimum atomic E-state index is 0.228. The minimum absolute atomic E-state index is 0.228. The van der Waals surface area contributed by atoms with E-state index in [1.807, 2.05) is 0 Å². The van der Waals surface area contributed by atoms with Crippen molar-refractivity contribution in [3.63, 3.8) is 0 Å². The van der Waals surface area contributed by atoms with Crippen LogP contribution in [0.4, 0.5) is 4.79 Å². The summed E-state index contributed by atoms with van der Waals surface area (Å²) in [6, 6.07) is 1.26. The molecule has 0 unspecified atom stereocenters. The number of urea groups is 1. The summed E-state index contributed by atoms with van der Waals surface area (Å²) in [6.45, 7) is 0.986. The highest BCUT2D eigenvalue weighted by Crippen LogP contribution is 2.35. The average molecular weight is 236 g/mol. The van der Waals surface area contributed by atoms with Gasteiger partial charge in [-0.2, -0.15) is 0 Å². The Morgan fingerprint density at radius 3 is 2.47 bits per heavy atom. The standard InChI is InChI=1S/C14H24N2O/c17-14(15-12-7-3-8-12)16-10-4-6-11-5-1-2-9-13(11)16/h11-13H,1-10H2,(H,15,17)/t11-,13-/m1/s1. The van der Waals surface area contributed by atoms with Crippen molar-refractivity contribution in [1.82, 2.24) is 10.2 Å².